The number of hydrogen-bond donors (Lipinski definition) is 2. The van der Waals surface area contributed by atoms with E-state index in [2.05, 4.69) is 17.5 Å². The van der Waals surface area contributed by atoms with Crippen LogP contribution in [0.5, 0.6) is 0 Å². The third kappa shape index (κ3) is 4.25. The second-order valence-electron chi connectivity index (χ2n) is 3.69. The van der Waals surface area contributed by atoms with Gasteiger partial charge in [0.15, 0.2) is 0 Å². The number of urea groups is 1. The fraction of sp³-hybridized carbons (Fsp3) is 0.273. The minimum Gasteiger partial charge on any atom is -0.393 e. The van der Waals surface area contributed by atoms with Crippen LogP contribution in [0, 0.1) is 11.6 Å². The highest BCUT2D eigenvalue weighted by atomic mass is 32.1. The topological polar surface area (TPSA) is 58.4 Å². The molecule has 1 rings (SSSR count). The van der Waals surface area contributed by atoms with Crippen molar-refractivity contribution in [1.82, 2.24) is 4.90 Å². The predicted molar refractivity (Wildman–Crippen MR) is 69.4 cm³/mol. The molecular formula is C11H13F2N3OS. The molecule has 18 heavy (non-hydrogen) atoms. The van der Waals surface area contributed by atoms with Gasteiger partial charge in [0.1, 0.15) is 11.6 Å². The molecule has 0 aliphatic carbocycles. The molecule has 0 atom stereocenters. The lowest BCUT2D eigenvalue weighted by atomic mass is 10.3. The Bertz CT molecular complexity index is 468. The van der Waals surface area contributed by atoms with Gasteiger partial charge in [-0.3, -0.25) is 0 Å². The number of anilines is 1. The Kier molecular flexibility index (Phi) is 4.96. The van der Waals surface area contributed by atoms with Gasteiger partial charge < -0.3 is 16.0 Å². The van der Waals surface area contributed by atoms with Crippen LogP contribution in [0.25, 0.3) is 0 Å². The highest BCUT2D eigenvalue weighted by molar-refractivity contribution is 7.80. The van der Waals surface area contributed by atoms with Crippen molar-refractivity contribution in [2.24, 2.45) is 5.73 Å². The van der Waals surface area contributed by atoms with E-state index in [1.54, 1.807) is 0 Å². The molecule has 0 aromatic heterocycles. The minimum absolute atomic E-state index is 0.0800. The van der Waals surface area contributed by atoms with Crippen molar-refractivity contribution in [3.05, 3.63) is 29.8 Å². The molecular weight excluding hydrogens is 260 g/mol. The Morgan fingerprint density at radius 1 is 1.50 bits per heavy atom. The molecule has 1 aromatic rings. The van der Waals surface area contributed by atoms with Crippen molar-refractivity contribution in [3.63, 3.8) is 0 Å². The fourth-order valence-corrected chi connectivity index (χ4v) is 1.27. The molecule has 0 bridgehead atoms. The summed E-state index contributed by atoms with van der Waals surface area (Å²) in [6.45, 7) is 0.323. The molecule has 0 spiro atoms. The molecule has 7 heteroatoms. The van der Waals surface area contributed by atoms with E-state index >= 15 is 0 Å². The van der Waals surface area contributed by atoms with Crippen LogP contribution in [0.4, 0.5) is 19.3 Å². The molecule has 0 fully saturated rings. The summed E-state index contributed by atoms with van der Waals surface area (Å²) in [6, 6.07) is 2.40. The minimum atomic E-state index is -0.828. The van der Waals surface area contributed by atoms with Gasteiger partial charge in [-0.2, -0.15) is 0 Å². The Morgan fingerprint density at radius 3 is 2.72 bits per heavy atom. The summed E-state index contributed by atoms with van der Waals surface area (Å²) in [5.74, 6) is -1.53. The maximum atomic E-state index is 13.3. The van der Waals surface area contributed by atoms with Gasteiger partial charge in [-0.05, 0) is 12.1 Å². The normalized spacial score (nSPS) is 9.94. The van der Waals surface area contributed by atoms with Crippen molar-refractivity contribution in [2.75, 3.05) is 18.9 Å². The van der Waals surface area contributed by atoms with Crippen molar-refractivity contribution in [1.29, 1.82) is 0 Å². The van der Waals surface area contributed by atoms with E-state index in [9.17, 15) is 13.6 Å². The Labute approximate surface area is 109 Å². The van der Waals surface area contributed by atoms with Gasteiger partial charge in [0.05, 0.1) is 10.7 Å². The average molecular weight is 273 g/mol. The molecule has 2 amide bonds. The van der Waals surface area contributed by atoms with Crippen LogP contribution in [-0.2, 0) is 0 Å². The van der Waals surface area contributed by atoms with Gasteiger partial charge in [0, 0.05) is 26.1 Å². The lowest BCUT2D eigenvalue weighted by Gasteiger charge is -2.17. The first-order chi connectivity index (χ1) is 8.40. The number of amides is 2. The number of rotatable bonds is 4. The van der Waals surface area contributed by atoms with Gasteiger partial charge in [0.25, 0.3) is 0 Å². The quantitative estimate of drug-likeness (QED) is 0.826. The van der Waals surface area contributed by atoms with E-state index in [1.807, 2.05) is 0 Å². The molecule has 0 unspecified atom stereocenters. The number of halogens is 2. The molecule has 0 aliphatic heterocycles. The smallest absolute Gasteiger partial charge is 0.321 e. The van der Waals surface area contributed by atoms with Crippen molar-refractivity contribution < 1.29 is 13.6 Å². The summed E-state index contributed by atoms with van der Waals surface area (Å²) in [4.78, 5) is 13.2. The zero-order valence-corrected chi connectivity index (χ0v) is 10.6. The third-order valence-electron chi connectivity index (χ3n) is 2.21. The molecule has 4 nitrogen and oxygen atoms in total. The number of thiocarbonyl (C=S) groups is 1. The Hall–Kier alpha value is -1.76. The van der Waals surface area contributed by atoms with E-state index < -0.39 is 17.7 Å². The summed E-state index contributed by atoms with van der Waals surface area (Å²) < 4.78 is 25.9. The average Bonchev–Trinajstić information content (AvgIpc) is 2.29. The van der Waals surface area contributed by atoms with Crippen LogP contribution >= 0.6 is 12.2 Å². The van der Waals surface area contributed by atoms with Crippen LogP contribution in [0.15, 0.2) is 18.2 Å². The molecule has 1 aromatic carbocycles. The van der Waals surface area contributed by atoms with Crippen LogP contribution in [0.2, 0.25) is 0 Å². The summed E-state index contributed by atoms with van der Waals surface area (Å²) in [5.41, 5.74) is 5.23. The predicted octanol–water partition coefficient (Wildman–Crippen LogP) is 2.10. The van der Waals surface area contributed by atoms with Crippen molar-refractivity contribution in [3.8, 4) is 0 Å². The number of nitrogens with two attached hydrogens (primary N) is 1. The number of carbonyl (C=O) groups excluding carboxylic acids is 1. The molecule has 0 radical (unpaired) electrons. The van der Waals surface area contributed by atoms with E-state index in [-0.39, 0.29) is 5.69 Å². The van der Waals surface area contributed by atoms with Gasteiger partial charge in [-0.1, -0.05) is 12.2 Å². The largest absolute Gasteiger partial charge is 0.393 e. The third-order valence-corrected chi connectivity index (χ3v) is 2.42. The molecule has 98 valence electrons. The van der Waals surface area contributed by atoms with Gasteiger partial charge >= 0.3 is 6.03 Å². The lowest BCUT2D eigenvalue weighted by Crippen LogP contribution is -2.33. The zero-order chi connectivity index (χ0) is 13.7. The number of hydrogen-bond acceptors (Lipinski definition) is 2. The number of nitrogens with zero attached hydrogens (tertiary/aromatic N) is 1. The number of carbonyl (C=O) groups is 1. The SMILES string of the molecule is CN(CCC(N)=S)C(=O)Nc1ccc(F)cc1F. The highest BCUT2D eigenvalue weighted by Crippen LogP contribution is 2.15. The van der Waals surface area contributed by atoms with Crippen molar-refractivity contribution in [2.45, 2.75) is 6.42 Å². The second kappa shape index (κ2) is 6.25. The lowest BCUT2D eigenvalue weighted by molar-refractivity contribution is 0.223. The maximum absolute atomic E-state index is 13.3. The van der Waals surface area contributed by atoms with Gasteiger partial charge in [-0.15, -0.1) is 0 Å². The molecule has 0 heterocycles. The van der Waals surface area contributed by atoms with Crippen LogP contribution in [0.1, 0.15) is 6.42 Å². The summed E-state index contributed by atoms with van der Waals surface area (Å²) in [7, 11) is 1.52. The summed E-state index contributed by atoms with van der Waals surface area (Å²) in [6.07, 6.45) is 0.380. The first-order valence-electron chi connectivity index (χ1n) is 5.15. The van der Waals surface area contributed by atoms with Crippen LogP contribution < -0.4 is 11.1 Å². The number of benzene rings is 1. The first-order valence-corrected chi connectivity index (χ1v) is 5.56. The second-order valence-corrected chi connectivity index (χ2v) is 4.22. The fourth-order valence-electron chi connectivity index (χ4n) is 1.18. The van der Waals surface area contributed by atoms with E-state index in [0.717, 1.165) is 12.1 Å². The van der Waals surface area contributed by atoms with E-state index in [1.165, 1.54) is 11.9 Å². The summed E-state index contributed by atoms with van der Waals surface area (Å²) in [5, 5.41) is 2.32. The number of nitrogens with one attached hydrogen (secondary N) is 1. The zero-order valence-electron chi connectivity index (χ0n) is 9.74. The van der Waals surface area contributed by atoms with E-state index in [0.29, 0.717) is 24.0 Å². The monoisotopic (exact) mass is 273 g/mol. The molecule has 3 N–H and O–H groups in total. The van der Waals surface area contributed by atoms with Gasteiger partial charge in [-0.25, -0.2) is 13.6 Å². The highest BCUT2D eigenvalue weighted by Gasteiger charge is 2.11. The summed E-state index contributed by atoms with van der Waals surface area (Å²) >= 11 is 4.68. The van der Waals surface area contributed by atoms with E-state index in [4.69, 9.17) is 5.73 Å². The standard InChI is InChI=1S/C11H13F2N3OS/c1-16(5-4-10(14)18)11(17)15-9-3-2-7(12)6-8(9)13/h2-3,6H,4-5H2,1H3,(H2,14,18)(H,15,17). The van der Waals surface area contributed by atoms with Gasteiger partial charge in [0.2, 0.25) is 0 Å². The van der Waals surface area contributed by atoms with Crippen LogP contribution in [-0.4, -0.2) is 29.5 Å². The Balaban J connectivity index is 2.61. The van der Waals surface area contributed by atoms with Crippen LogP contribution in [0.3, 0.4) is 0 Å². The van der Waals surface area contributed by atoms with Crippen molar-refractivity contribution >= 4 is 28.9 Å². The molecule has 0 aliphatic rings. The molecule has 0 saturated heterocycles. The Morgan fingerprint density at radius 2 is 2.17 bits per heavy atom. The maximum Gasteiger partial charge on any atom is 0.321 e. The molecule has 0 saturated carbocycles. The first kappa shape index (κ1) is 14.3.